The first-order valence-electron chi connectivity index (χ1n) is 7.65. The van der Waals surface area contributed by atoms with E-state index in [4.69, 9.17) is 21.7 Å². The Labute approximate surface area is 131 Å². The highest BCUT2D eigenvalue weighted by molar-refractivity contribution is 7.80. The molecule has 1 aromatic carbocycles. The third-order valence-corrected chi connectivity index (χ3v) is 4.58. The standard InChI is InChI=1S/C16H22N2O2S/c1-11-4-2-3-5-13(11)18-16(21)17-9-12-6-7-14-15(8-12)20-10-19-14/h6-8,11,13H,2-5,9-10H2,1H3,(H2,17,18,21)/t11-,13+/m1/s1. The first-order chi connectivity index (χ1) is 10.2. The van der Waals surface area contributed by atoms with Gasteiger partial charge >= 0.3 is 0 Å². The summed E-state index contributed by atoms with van der Waals surface area (Å²) in [5.74, 6) is 2.33. The maximum absolute atomic E-state index is 5.41. The van der Waals surface area contributed by atoms with Crippen molar-refractivity contribution in [2.24, 2.45) is 5.92 Å². The van der Waals surface area contributed by atoms with Gasteiger partial charge in [0.2, 0.25) is 6.79 Å². The monoisotopic (exact) mass is 306 g/mol. The van der Waals surface area contributed by atoms with E-state index in [1.165, 1.54) is 25.7 Å². The second-order valence-electron chi connectivity index (χ2n) is 5.88. The molecule has 2 atom stereocenters. The highest BCUT2D eigenvalue weighted by atomic mass is 32.1. The summed E-state index contributed by atoms with van der Waals surface area (Å²) in [5, 5.41) is 7.48. The highest BCUT2D eigenvalue weighted by Gasteiger charge is 2.21. The van der Waals surface area contributed by atoms with Crippen LogP contribution in [0, 0.1) is 5.92 Å². The Kier molecular flexibility index (Phi) is 4.48. The molecule has 2 aliphatic rings. The summed E-state index contributed by atoms with van der Waals surface area (Å²) in [6.07, 6.45) is 5.15. The van der Waals surface area contributed by atoms with E-state index in [1.807, 2.05) is 18.2 Å². The molecule has 1 saturated carbocycles. The van der Waals surface area contributed by atoms with Crippen molar-refractivity contribution in [1.82, 2.24) is 10.6 Å². The van der Waals surface area contributed by atoms with Crippen LogP contribution >= 0.6 is 12.2 Å². The largest absolute Gasteiger partial charge is 0.454 e. The van der Waals surface area contributed by atoms with Crippen LogP contribution in [0.25, 0.3) is 0 Å². The Bertz CT molecular complexity index is 521. The molecule has 1 aliphatic carbocycles. The van der Waals surface area contributed by atoms with E-state index in [2.05, 4.69) is 17.6 Å². The van der Waals surface area contributed by atoms with Gasteiger partial charge in [0.25, 0.3) is 0 Å². The minimum atomic E-state index is 0.311. The Hall–Kier alpha value is -1.49. The molecule has 5 heteroatoms. The third-order valence-electron chi connectivity index (χ3n) is 4.32. The van der Waals surface area contributed by atoms with Gasteiger partial charge in [0.1, 0.15) is 0 Å². The van der Waals surface area contributed by atoms with Gasteiger partial charge in [-0.05, 0) is 48.7 Å². The lowest BCUT2D eigenvalue weighted by molar-refractivity contribution is 0.174. The minimum Gasteiger partial charge on any atom is -0.454 e. The average Bonchev–Trinajstić information content (AvgIpc) is 2.95. The van der Waals surface area contributed by atoms with Crippen molar-refractivity contribution in [3.8, 4) is 11.5 Å². The zero-order chi connectivity index (χ0) is 14.7. The van der Waals surface area contributed by atoms with Gasteiger partial charge in [0.05, 0.1) is 0 Å². The molecular formula is C16H22N2O2S. The van der Waals surface area contributed by atoms with Crippen LogP contribution in [0.1, 0.15) is 38.2 Å². The number of thiocarbonyl (C=S) groups is 1. The quantitative estimate of drug-likeness (QED) is 0.841. The van der Waals surface area contributed by atoms with Crippen LogP contribution in [0.4, 0.5) is 0 Å². The molecule has 1 fully saturated rings. The minimum absolute atomic E-state index is 0.311. The van der Waals surface area contributed by atoms with Crippen LogP contribution in [-0.4, -0.2) is 17.9 Å². The molecule has 0 amide bonds. The molecule has 0 aromatic heterocycles. The molecule has 0 radical (unpaired) electrons. The lowest BCUT2D eigenvalue weighted by Gasteiger charge is -2.30. The molecule has 0 saturated heterocycles. The number of ether oxygens (including phenoxy) is 2. The van der Waals surface area contributed by atoms with Gasteiger partial charge in [-0.15, -0.1) is 0 Å². The van der Waals surface area contributed by atoms with E-state index in [1.54, 1.807) is 0 Å². The van der Waals surface area contributed by atoms with E-state index in [0.29, 0.717) is 25.3 Å². The summed E-state index contributed by atoms with van der Waals surface area (Å²) in [4.78, 5) is 0. The number of benzene rings is 1. The van der Waals surface area contributed by atoms with E-state index < -0.39 is 0 Å². The van der Waals surface area contributed by atoms with Crippen LogP contribution in [0.2, 0.25) is 0 Å². The first-order valence-corrected chi connectivity index (χ1v) is 8.06. The zero-order valence-electron chi connectivity index (χ0n) is 12.4. The number of hydrogen-bond acceptors (Lipinski definition) is 3. The summed E-state index contributed by atoms with van der Waals surface area (Å²) >= 11 is 5.41. The van der Waals surface area contributed by atoms with Gasteiger partial charge in [-0.3, -0.25) is 0 Å². The summed E-state index contributed by atoms with van der Waals surface area (Å²) < 4.78 is 10.7. The fraction of sp³-hybridized carbons (Fsp3) is 0.562. The molecule has 1 heterocycles. The lowest BCUT2D eigenvalue weighted by Crippen LogP contribution is -2.45. The first kappa shape index (κ1) is 14.4. The van der Waals surface area contributed by atoms with E-state index in [0.717, 1.165) is 22.2 Å². The summed E-state index contributed by atoms with van der Waals surface area (Å²) in [5.41, 5.74) is 1.14. The molecule has 0 spiro atoms. The van der Waals surface area contributed by atoms with Crippen molar-refractivity contribution < 1.29 is 9.47 Å². The predicted molar refractivity (Wildman–Crippen MR) is 86.6 cm³/mol. The lowest BCUT2D eigenvalue weighted by atomic mass is 9.86. The van der Waals surface area contributed by atoms with E-state index in [9.17, 15) is 0 Å². The van der Waals surface area contributed by atoms with Crippen LogP contribution in [-0.2, 0) is 6.54 Å². The van der Waals surface area contributed by atoms with Gasteiger partial charge in [-0.2, -0.15) is 0 Å². The molecule has 0 unspecified atom stereocenters. The number of hydrogen-bond donors (Lipinski definition) is 2. The van der Waals surface area contributed by atoms with Gasteiger partial charge < -0.3 is 20.1 Å². The fourth-order valence-electron chi connectivity index (χ4n) is 2.98. The molecule has 1 aliphatic heterocycles. The van der Waals surface area contributed by atoms with Gasteiger partial charge in [0.15, 0.2) is 16.6 Å². The number of fused-ring (bicyclic) bond motifs is 1. The Balaban J connectivity index is 1.49. The molecule has 0 bridgehead atoms. The van der Waals surface area contributed by atoms with Crippen LogP contribution < -0.4 is 20.1 Å². The number of nitrogens with one attached hydrogen (secondary N) is 2. The van der Waals surface area contributed by atoms with Crippen molar-refractivity contribution in [3.63, 3.8) is 0 Å². The van der Waals surface area contributed by atoms with Crippen LogP contribution in [0.3, 0.4) is 0 Å². The summed E-state index contributed by atoms with van der Waals surface area (Å²) in [6.45, 7) is 3.31. The van der Waals surface area contributed by atoms with Crippen molar-refractivity contribution in [1.29, 1.82) is 0 Å². The zero-order valence-corrected chi connectivity index (χ0v) is 13.2. The van der Waals surface area contributed by atoms with Crippen LogP contribution in [0.15, 0.2) is 18.2 Å². The van der Waals surface area contributed by atoms with E-state index in [-0.39, 0.29) is 0 Å². The van der Waals surface area contributed by atoms with Crippen molar-refractivity contribution in [3.05, 3.63) is 23.8 Å². The Morgan fingerprint density at radius 3 is 2.90 bits per heavy atom. The normalized spacial score (nSPS) is 23.7. The molecule has 21 heavy (non-hydrogen) atoms. The maximum Gasteiger partial charge on any atom is 0.231 e. The smallest absolute Gasteiger partial charge is 0.231 e. The summed E-state index contributed by atoms with van der Waals surface area (Å²) in [7, 11) is 0. The summed E-state index contributed by atoms with van der Waals surface area (Å²) in [6, 6.07) is 6.49. The van der Waals surface area contributed by atoms with Gasteiger partial charge in [-0.25, -0.2) is 0 Å². The van der Waals surface area contributed by atoms with Gasteiger partial charge in [-0.1, -0.05) is 25.8 Å². The second kappa shape index (κ2) is 6.52. The SMILES string of the molecule is C[C@@H]1CCCC[C@@H]1NC(=S)NCc1ccc2c(c1)OCO2. The molecule has 1 aromatic rings. The molecule has 3 rings (SSSR count). The molecule has 2 N–H and O–H groups in total. The molecule has 4 nitrogen and oxygen atoms in total. The average molecular weight is 306 g/mol. The highest BCUT2D eigenvalue weighted by Crippen LogP contribution is 2.32. The number of rotatable bonds is 3. The Morgan fingerprint density at radius 2 is 2.05 bits per heavy atom. The Morgan fingerprint density at radius 1 is 1.24 bits per heavy atom. The molecular weight excluding hydrogens is 284 g/mol. The third kappa shape index (κ3) is 3.59. The maximum atomic E-state index is 5.41. The predicted octanol–water partition coefficient (Wildman–Crippen LogP) is 2.96. The van der Waals surface area contributed by atoms with E-state index >= 15 is 0 Å². The topological polar surface area (TPSA) is 42.5 Å². The molecule has 114 valence electrons. The van der Waals surface area contributed by atoms with Crippen LogP contribution in [0.5, 0.6) is 11.5 Å². The van der Waals surface area contributed by atoms with Gasteiger partial charge in [0, 0.05) is 12.6 Å². The van der Waals surface area contributed by atoms with Crippen molar-refractivity contribution in [2.75, 3.05) is 6.79 Å². The second-order valence-corrected chi connectivity index (χ2v) is 6.29. The van der Waals surface area contributed by atoms with Crippen molar-refractivity contribution >= 4 is 17.3 Å². The fourth-order valence-corrected chi connectivity index (χ4v) is 3.21. The van der Waals surface area contributed by atoms with Crippen molar-refractivity contribution in [2.45, 2.75) is 45.2 Å².